The molecule has 2 fully saturated rings. The summed E-state index contributed by atoms with van der Waals surface area (Å²) in [6, 6.07) is 23.5. The van der Waals surface area contributed by atoms with Gasteiger partial charge in [0, 0.05) is 29.7 Å². The minimum atomic E-state index is -1.56. The molecule has 3 aromatic carbocycles. The second kappa shape index (κ2) is 19.3. The van der Waals surface area contributed by atoms with Gasteiger partial charge in [-0.05, 0) is 30.7 Å². The number of hydrogen-bond acceptors (Lipinski definition) is 14. The Bertz CT molecular complexity index is 1870. The molecule has 10 atom stereocenters. The van der Waals surface area contributed by atoms with Gasteiger partial charge in [-0.15, -0.1) is 0 Å². The van der Waals surface area contributed by atoms with Gasteiger partial charge in [0.2, 0.25) is 17.6 Å². The lowest BCUT2D eigenvalue weighted by Crippen LogP contribution is -2.59. The average Bonchev–Trinajstić information content (AvgIpc) is 3.65. The van der Waals surface area contributed by atoms with Crippen molar-refractivity contribution in [3.05, 3.63) is 125 Å². The Morgan fingerprint density at radius 1 is 0.897 bits per heavy atom. The van der Waals surface area contributed by atoms with Crippen molar-refractivity contribution in [1.29, 1.82) is 0 Å². The van der Waals surface area contributed by atoms with Crippen LogP contribution in [0, 0.1) is 0 Å². The highest BCUT2D eigenvalue weighted by atomic mass is 16.8. The number of benzene rings is 3. The van der Waals surface area contributed by atoms with E-state index in [1.54, 1.807) is 42.5 Å². The number of nitrogens with one attached hydrogen (secondary N) is 2. The summed E-state index contributed by atoms with van der Waals surface area (Å²) in [5, 5.41) is 64.0. The van der Waals surface area contributed by atoms with E-state index in [9.17, 15) is 39.9 Å². The van der Waals surface area contributed by atoms with Crippen molar-refractivity contribution >= 4 is 23.9 Å². The maximum atomic E-state index is 13.8. The van der Waals surface area contributed by atoms with E-state index in [0.29, 0.717) is 16.7 Å². The summed E-state index contributed by atoms with van der Waals surface area (Å²) in [7, 11) is 0. The van der Waals surface area contributed by atoms with Crippen molar-refractivity contribution in [2.75, 3.05) is 26.4 Å². The Labute approximate surface area is 334 Å². The molecule has 16 nitrogen and oxygen atoms in total. The summed E-state index contributed by atoms with van der Waals surface area (Å²) in [5.74, 6) is -3.55. The van der Waals surface area contributed by atoms with Crippen LogP contribution in [0.1, 0.15) is 40.4 Å². The summed E-state index contributed by atoms with van der Waals surface area (Å²) in [6.45, 7) is 0.302. The predicted octanol–water partition coefficient (Wildman–Crippen LogP) is 0.0312. The predicted molar refractivity (Wildman–Crippen MR) is 204 cm³/mol. The van der Waals surface area contributed by atoms with Crippen LogP contribution < -0.4 is 10.6 Å². The van der Waals surface area contributed by atoms with E-state index in [1.807, 2.05) is 60.7 Å². The second-order valence-corrected chi connectivity index (χ2v) is 14.1. The third-order valence-corrected chi connectivity index (χ3v) is 10.1. The fraction of sp³-hybridized carbons (Fsp3) is 0.405. The molecule has 2 aliphatic heterocycles. The van der Waals surface area contributed by atoms with Crippen LogP contribution in [0.3, 0.4) is 0 Å². The number of esters is 1. The first-order chi connectivity index (χ1) is 27.9. The maximum absolute atomic E-state index is 13.8. The smallest absolute Gasteiger partial charge is 0.338 e. The Morgan fingerprint density at radius 3 is 2.16 bits per heavy atom. The molecule has 0 radical (unpaired) electrons. The van der Waals surface area contributed by atoms with E-state index in [-0.39, 0.29) is 37.3 Å². The lowest BCUT2D eigenvalue weighted by molar-refractivity contribution is -0.298. The first-order valence-corrected chi connectivity index (χ1v) is 18.9. The Hall–Kier alpha value is -4.85. The molecule has 310 valence electrons. The van der Waals surface area contributed by atoms with Crippen molar-refractivity contribution < 1.29 is 68.7 Å². The molecule has 2 heterocycles. The topological polar surface area (TPSA) is 243 Å². The number of fused-ring (bicyclic) bond motifs is 1. The average molecular weight is 805 g/mol. The third-order valence-electron chi connectivity index (χ3n) is 10.1. The first kappa shape index (κ1) is 42.7. The largest absolute Gasteiger partial charge is 0.456 e. The number of aliphatic hydroxyl groups is 6. The second-order valence-electron chi connectivity index (χ2n) is 14.1. The summed E-state index contributed by atoms with van der Waals surface area (Å²) in [5.41, 5.74) is 2.32. The Kier molecular flexibility index (Phi) is 14.2. The first-order valence-electron chi connectivity index (χ1n) is 18.9. The molecule has 0 spiro atoms. The zero-order valence-electron chi connectivity index (χ0n) is 31.6. The molecule has 16 heteroatoms. The van der Waals surface area contributed by atoms with E-state index in [4.69, 9.17) is 28.8 Å². The van der Waals surface area contributed by atoms with E-state index in [1.165, 1.54) is 6.92 Å². The zero-order chi connectivity index (χ0) is 41.4. The van der Waals surface area contributed by atoms with Crippen LogP contribution in [-0.4, -0.2) is 136 Å². The lowest BCUT2D eigenvalue weighted by Gasteiger charge is -2.39. The maximum Gasteiger partial charge on any atom is 0.338 e. The van der Waals surface area contributed by atoms with Crippen LogP contribution in [0.5, 0.6) is 0 Å². The highest BCUT2D eigenvalue weighted by Crippen LogP contribution is 2.47. The Balaban J connectivity index is 1.20. The molecule has 10 unspecified atom stereocenters. The Morgan fingerprint density at radius 2 is 1.55 bits per heavy atom. The van der Waals surface area contributed by atoms with Gasteiger partial charge in [-0.25, -0.2) is 4.79 Å². The van der Waals surface area contributed by atoms with Gasteiger partial charge < -0.3 is 65.0 Å². The van der Waals surface area contributed by atoms with Gasteiger partial charge in [-0.3, -0.25) is 9.59 Å². The molecular weight excluding hydrogens is 756 g/mol. The molecule has 3 aromatic rings. The fourth-order valence-electron chi connectivity index (χ4n) is 7.00. The number of amides is 2. The molecule has 6 rings (SSSR count). The summed E-state index contributed by atoms with van der Waals surface area (Å²) < 4.78 is 30.4. The van der Waals surface area contributed by atoms with Crippen molar-refractivity contribution in [3.63, 3.8) is 0 Å². The van der Waals surface area contributed by atoms with Gasteiger partial charge >= 0.3 is 5.97 Å². The molecule has 0 bridgehead atoms. The lowest BCUT2D eigenvalue weighted by atomic mass is 9.91. The summed E-state index contributed by atoms with van der Waals surface area (Å²) in [4.78, 5) is 40.3. The van der Waals surface area contributed by atoms with Gasteiger partial charge in [0.1, 0.15) is 48.8 Å². The van der Waals surface area contributed by atoms with Crippen LogP contribution in [0.2, 0.25) is 0 Å². The van der Waals surface area contributed by atoms with Crippen molar-refractivity contribution in [1.82, 2.24) is 10.6 Å². The highest BCUT2D eigenvalue weighted by Gasteiger charge is 2.55. The number of ether oxygens (including phenoxy) is 5. The minimum Gasteiger partial charge on any atom is -0.456 e. The van der Waals surface area contributed by atoms with Crippen molar-refractivity contribution in [2.45, 2.75) is 80.3 Å². The van der Waals surface area contributed by atoms with Crippen LogP contribution >= 0.6 is 0 Å². The molecule has 0 saturated carbocycles. The minimum absolute atomic E-state index is 0.0546. The van der Waals surface area contributed by atoms with Crippen LogP contribution in [0.15, 0.2) is 103 Å². The SMILES string of the molecule is CC(O)C(NC(=O)C1=CC2OC(c3ccccc3)(c3ccccc3)OC2C(OC(=O)c2ccc(C=CCOC3OC(CO)C(O)C(O)C3O)cc2)C1)C(=O)NCCO. The van der Waals surface area contributed by atoms with E-state index >= 15 is 0 Å². The van der Waals surface area contributed by atoms with Crippen molar-refractivity contribution in [2.24, 2.45) is 0 Å². The third kappa shape index (κ3) is 9.54. The standard InChI is InChI=1S/C42H48N2O14/c1-24(47)33(39(52)43-18-19-45)44-38(51)27-21-30(37-31(22-27)57-42(58-37,28-10-4-2-5-11-28)29-12-6-3-7-13-29)55-40(53)26-16-14-25(15-17-26)9-8-20-54-41-36(50)35(49)34(48)32(23-46)56-41/h2-17,22,24,30-37,41,45-50H,18-21,23H2,1H3,(H,43,52)(H,44,51). The summed E-state index contributed by atoms with van der Waals surface area (Å²) in [6.07, 6.45) is -6.35. The number of rotatable bonds is 15. The van der Waals surface area contributed by atoms with Crippen LogP contribution in [0.25, 0.3) is 6.08 Å². The van der Waals surface area contributed by atoms with Gasteiger partial charge in [0.05, 0.1) is 31.5 Å². The molecule has 2 saturated heterocycles. The van der Waals surface area contributed by atoms with E-state index in [2.05, 4.69) is 10.6 Å². The molecular formula is C42H48N2O14. The monoisotopic (exact) mass is 804 g/mol. The normalized spacial score (nSPS) is 27.5. The van der Waals surface area contributed by atoms with E-state index < -0.39 is 91.3 Å². The number of aliphatic hydroxyl groups excluding tert-OH is 6. The van der Waals surface area contributed by atoms with Crippen molar-refractivity contribution in [3.8, 4) is 0 Å². The quantitative estimate of drug-likeness (QED) is 0.0947. The van der Waals surface area contributed by atoms with Crippen LogP contribution in [0.4, 0.5) is 0 Å². The van der Waals surface area contributed by atoms with Crippen LogP contribution in [-0.2, 0) is 39.1 Å². The highest BCUT2D eigenvalue weighted by molar-refractivity contribution is 5.97. The molecule has 58 heavy (non-hydrogen) atoms. The molecule has 2 amide bonds. The van der Waals surface area contributed by atoms with Gasteiger partial charge in [-0.1, -0.05) is 84.9 Å². The molecule has 3 aliphatic rings. The molecule has 1 aliphatic carbocycles. The fourth-order valence-corrected chi connectivity index (χ4v) is 7.00. The van der Waals surface area contributed by atoms with Gasteiger partial charge in [0.15, 0.2) is 6.29 Å². The molecule has 8 N–H and O–H groups in total. The zero-order valence-corrected chi connectivity index (χ0v) is 31.6. The molecule has 0 aromatic heterocycles. The number of carbonyl (C=O) groups is 3. The number of carbonyl (C=O) groups excluding carboxylic acids is 3. The number of hydrogen-bond donors (Lipinski definition) is 8. The van der Waals surface area contributed by atoms with E-state index in [0.717, 1.165) is 0 Å². The summed E-state index contributed by atoms with van der Waals surface area (Å²) >= 11 is 0. The van der Waals surface area contributed by atoms with Gasteiger partial charge in [0.25, 0.3) is 0 Å². The van der Waals surface area contributed by atoms with Gasteiger partial charge in [-0.2, -0.15) is 0 Å².